The Kier molecular flexibility index (Phi) is 4.40. The lowest BCUT2D eigenvalue weighted by molar-refractivity contribution is -0.146. The number of hydrogen-bond acceptors (Lipinski definition) is 3. The fourth-order valence-electron chi connectivity index (χ4n) is 2.34. The van der Waals surface area contributed by atoms with Crippen LogP contribution in [0.25, 0.3) is 0 Å². The van der Waals surface area contributed by atoms with Crippen LogP contribution in [0.3, 0.4) is 0 Å². The minimum absolute atomic E-state index is 0.192. The molecule has 0 aliphatic heterocycles. The Hall–Kier alpha value is -0.870. The second-order valence-electron chi connectivity index (χ2n) is 5.03. The van der Waals surface area contributed by atoms with Crippen molar-refractivity contribution in [2.24, 2.45) is 5.73 Å². The van der Waals surface area contributed by atoms with Gasteiger partial charge in [0.2, 0.25) is 0 Å². The molecule has 98 valence electrons. The molecule has 2 N–H and O–H groups in total. The number of ether oxygens (including phenoxy) is 1. The number of nitrogens with two attached hydrogens (primary N) is 1. The van der Waals surface area contributed by atoms with Gasteiger partial charge in [-0.25, -0.2) is 0 Å². The lowest BCUT2D eigenvalue weighted by atomic mass is 9.95. The van der Waals surface area contributed by atoms with Crippen molar-refractivity contribution in [3.63, 3.8) is 0 Å². The molecule has 1 aromatic carbocycles. The number of benzene rings is 1. The topological polar surface area (TPSA) is 52.3 Å². The smallest absolute Gasteiger partial charge is 0.307 e. The molecule has 0 aromatic heterocycles. The molecule has 0 radical (unpaired) electrons. The van der Waals surface area contributed by atoms with E-state index in [0.29, 0.717) is 13.0 Å². The fraction of sp³-hybridized carbons (Fsp3) is 0.500. The van der Waals surface area contributed by atoms with E-state index in [2.05, 4.69) is 15.9 Å². The first kappa shape index (κ1) is 13.6. The number of carbonyl (C=O) groups excluding carboxylic acids is 1. The molecule has 0 amide bonds. The van der Waals surface area contributed by atoms with E-state index in [4.69, 9.17) is 10.5 Å². The maximum absolute atomic E-state index is 11.7. The van der Waals surface area contributed by atoms with Crippen molar-refractivity contribution in [3.05, 3.63) is 34.3 Å². The lowest BCUT2D eigenvalue weighted by Crippen LogP contribution is -2.39. The summed E-state index contributed by atoms with van der Waals surface area (Å²) < 4.78 is 6.28. The van der Waals surface area contributed by atoms with Crippen molar-refractivity contribution in [2.45, 2.75) is 44.2 Å². The second kappa shape index (κ2) is 5.85. The van der Waals surface area contributed by atoms with E-state index < -0.39 is 0 Å². The molecular formula is C14H18BrNO2. The normalized spacial score (nSPS) is 17.7. The van der Waals surface area contributed by atoms with Gasteiger partial charge in [-0.3, -0.25) is 4.79 Å². The zero-order chi connectivity index (χ0) is 13.0. The van der Waals surface area contributed by atoms with E-state index in [1.165, 1.54) is 0 Å². The van der Waals surface area contributed by atoms with Crippen molar-refractivity contribution >= 4 is 21.9 Å². The van der Waals surface area contributed by atoms with Crippen molar-refractivity contribution in [2.75, 3.05) is 0 Å². The summed E-state index contributed by atoms with van der Waals surface area (Å²) in [7, 11) is 0. The molecule has 1 saturated carbocycles. The van der Waals surface area contributed by atoms with Crippen molar-refractivity contribution in [1.82, 2.24) is 0 Å². The average Bonchev–Trinajstić information content (AvgIpc) is 2.75. The van der Waals surface area contributed by atoms with E-state index in [9.17, 15) is 4.79 Å². The summed E-state index contributed by atoms with van der Waals surface area (Å²) >= 11 is 3.37. The Labute approximate surface area is 116 Å². The average molecular weight is 312 g/mol. The molecule has 3 nitrogen and oxygen atoms in total. The first-order valence-corrected chi connectivity index (χ1v) is 7.06. The summed E-state index contributed by atoms with van der Waals surface area (Å²) in [6.07, 6.45) is 4.44. The summed E-state index contributed by atoms with van der Waals surface area (Å²) in [4.78, 5) is 11.7. The SMILES string of the molecule is NC1(CC(=O)OCc2ccc(Br)cc2)CCCC1. The van der Waals surface area contributed by atoms with Crippen LogP contribution in [-0.4, -0.2) is 11.5 Å². The quantitative estimate of drug-likeness (QED) is 0.869. The molecule has 1 fully saturated rings. The van der Waals surface area contributed by atoms with Crippen LogP contribution in [0.5, 0.6) is 0 Å². The molecule has 1 aliphatic rings. The summed E-state index contributed by atoms with van der Waals surface area (Å²) in [5.74, 6) is -0.192. The minimum atomic E-state index is -0.323. The van der Waals surface area contributed by atoms with Gasteiger partial charge in [-0.05, 0) is 30.5 Å². The Balaban J connectivity index is 1.79. The largest absolute Gasteiger partial charge is 0.461 e. The number of carbonyl (C=O) groups is 1. The Morgan fingerprint density at radius 1 is 1.28 bits per heavy atom. The van der Waals surface area contributed by atoms with Crippen molar-refractivity contribution < 1.29 is 9.53 Å². The summed E-state index contributed by atoms with van der Waals surface area (Å²) in [6.45, 7) is 0.322. The van der Waals surface area contributed by atoms with E-state index in [1.807, 2.05) is 24.3 Å². The van der Waals surface area contributed by atoms with Crippen LogP contribution in [0.2, 0.25) is 0 Å². The van der Waals surface area contributed by atoms with Crippen LogP contribution in [0.4, 0.5) is 0 Å². The van der Waals surface area contributed by atoms with Crippen molar-refractivity contribution in [3.8, 4) is 0 Å². The van der Waals surface area contributed by atoms with E-state index >= 15 is 0 Å². The maximum atomic E-state index is 11.7. The van der Waals surface area contributed by atoms with E-state index in [-0.39, 0.29) is 11.5 Å². The predicted molar refractivity (Wildman–Crippen MR) is 73.9 cm³/mol. The zero-order valence-electron chi connectivity index (χ0n) is 10.3. The third kappa shape index (κ3) is 3.82. The molecule has 0 spiro atoms. The molecule has 2 rings (SSSR count). The van der Waals surface area contributed by atoms with Crippen LogP contribution in [0.1, 0.15) is 37.7 Å². The molecule has 0 atom stereocenters. The monoisotopic (exact) mass is 311 g/mol. The number of halogens is 1. The third-order valence-electron chi connectivity index (χ3n) is 3.41. The van der Waals surface area contributed by atoms with Gasteiger partial charge in [0.1, 0.15) is 6.61 Å². The zero-order valence-corrected chi connectivity index (χ0v) is 11.9. The highest BCUT2D eigenvalue weighted by Gasteiger charge is 2.32. The number of hydrogen-bond donors (Lipinski definition) is 1. The van der Waals surface area contributed by atoms with Crippen molar-refractivity contribution in [1.29, 1.82) is 0 Å². The molecule has 1 aliphatic carbocycles. The van der Waals surface area contributed by atoms with Gasteiger partial charge < -0.3 is 10.5 Å². The standard InChI is InChI=1S/C14H18BrNO2/c15-12-5-3-11(4-6-12)10-18-13(17)9-14(16)7-1-2-8-14/h3-6H,1-2,7-10,16H2. The van der Waals surface area contributed by atoms with Gasteiger partial charge in [0.25, 0.3) is 0 Å². The summed E-state index contributed by atoms with van der Waals surface area (Å²) in [5.41, 5.74) is 6.81. The summed E-state index contributed by atoms with van der Waals surface area (Å²) in [5, 5.41) is 0. The third-order valence-corrected chi connectivity index (χ3v) is 3.94. The van der Waals surface area contributed by atoms with Crippen LogP contribution in [0, 0.1) is 0 Å². The lowest BCUT2D eigenvalue weighted by Gasteiger charge is -2.21. The Bertz CT molecular complexity index is 410. The highest BCUT2D eigenvalue weighted by Crippen LogP contribution is 2.30. The van der Waals surface area contributed by atoms with Gasteiger partial charge >= 0.3 is 5.97 Å². The molecule has 0 heterocycles. The molecule has 4 heteroatoms. The van der Waals surface area contributed by atoms with Crippen LogP contribution in [-0.2, 0) is 16.1 Å². The predicted octanol–water partition coefficient (Wildman–Crippen LogP) is 3.15. The van der Waals surface area contributed by atoms with Crippen LogP contribution < -0.4 is 5.73 Å². The van der Waals surface area contributed by atoms with Gasteiger partial charge in [0.15, 0.2) is 0 Å². The first-order valence-electron chi connectivity index (χ1n) is 6.26. The van der Waals surface area contributed by atoms with E-state index in [0.717, 1.165) is 35.7 Å². The fourth-order valence-corrected chi connectivity index (χ4v) is 2.60. The molecule has 0 bridgehead atoms. The van der Waals surface area contributed by atoms with Gasteiger partial charge in [-0.2, -0.15) is 0 Å². The highest BCUT2D eigenvalue weighted by atomic mass is 79.9. The molecule has 0 unspecified atom stereocenters. The Morgan fingerprint density at radius 3 is 2.50 bits per heavy atom. The molecule has 1 aromatic rings. The number of rotatable bonds is 4. The van der Waals surface area contributed by atoms with Gasteiger partial charge in [0.05, 0.1) is 6.42 Å². The molecular weight excluding hydrogens is 294 g/mol. The maximum Gasteiger partial charge on any atom is 0.307 e. The van der Waals surface area contributed by atoms with Crippen LogP contribution >= 0.6 is 15.9 Å². The minimum Gasteiger partial charge on any atom is -0.461 e. The molecule has 18 heavy (non-hydrogen) atoms. The second-order valence-corrected chi connectivity index (χ2v) is 5.95. The van der Waals surface area contributed by atoms with Gasteiger partial charge in [0, 0.05) is 10.0 Å². The highest BCUT2D eigenvalue weighted by molar-refractivity contribution is 9.10. The van der Waals surface area contributed by atoms with E-state index in [1.54, 1.807) is 0 Å². The first-order chi connectivity index (χ1) is 8.57. The van der Waals surface area contributed by atoms with Gasteiger partial charge in [-0.15, -0.1) is 0 Å². The van der Waals surface area contributed by atoms with Gasteiger partial charge in [-0.1, -0.05) is 40.9 Å². The van der Waals surface area contributed by atoms with Crippen LogP contribution in [0.15, 0.2) is 28.7 Å². The molecule has 0 saturated heterocycles. The Morgan fingerprint density at radius 2 is 1.89 bits per heavy atom. The number of esters is 1. The summed E-state index contributed by atoms with van der Waals surface area (Å²) in [6, 6.07) is 7.74.